The van der Waals surface area contributed by atoms with Gasteiger partial charge in [-0.1, -0.05) is 12.1 Å². The van der Waals surface area contributed by atoms with Crippen LogP contribution in [-0.2, 0) is 4.79 Å². The van der Waals surface area contributed by atoms with E-state index in [1.54, 1.807) is 0 Å². The zero-order valence-electron chi connectivity index (χ0n) is 14.5. The molecule has 0 bridgehead atoms. The van der Waals surface area contributed by atoms with E-state index < -0.39 is 11.6 Å². The average molecular weight is 388 g/mol. The maximum absolute atomic E-state index is 13.2. The number of fused-ring (bicyclic) bond motifs is 1. The predicted molar refractivity (Wildman–Crippen MR) is 99.6 cm³/mol. The Morgan fingerprint density at radius 3 is 2.67 bits per heavy atom. The SMILES string of the molecule is O=C(CSc1ccc(F)c(F)c1)N1CCC(c2nc3ccccc3o2)CC1. The largest absolute Gasteiger partial charge is 0.440 e. The van der Waals surface area contributed by atoms with Crippen LogP contribution in [0.4, 0.5) is 8.78 Å². The van der Waals surface area contributed by atoms with Gasteiger partial charge >= 0.3 is 0 Å². The molecule has 1 aliphatic rings. The van der Waals surface area contributed by atoms with E-state index in [4.69, 9.17) is 4.42 Å². The van der Waals surface area contributed by atoms with Gasteiger partial charge in [0, 0.05) is 23.9 Å². The summed E-state index contributed by atoms with van der Waals surface area (Å²) in [7, 11) is 0. The summed E-state index contributed by atoms with van der Waals surface area (Å²) in [6.07, 6.45) is 1.60. The van der Waals surface area contributed by atoms with Gasteiger partial charge in [-0.25, -0.2) is 13.8 Å². The van der Waals surface area contributed by atoms with Crippen LogP contribution in [0.2, 0.25) is 0 Å². The molecule has 140 valence electrons. The van der Waals surface area contributed by atoms with Crippen LogP contribution in [0.15, 0.2) is 51.8 Å². The Hall–Kier alpha value is -2.41. The van der Waals surface area contributed by atoms with E-state index in [0.29, 0.717) is 18.0 Å². The molecule has 1 fully saturated rings. The molecule has 27 heavy (non-hydrogen) atoms. The van der Waals surface area contributed by atoms with Gasteiger partial charge in [-0.3, -0.25) is 4.79 Å². The number of carbonyl (C=O) groups is 1. The second-order valence-corrected chi connectivity index (χ2v) is 7.59. The number of carbonyl (C=O) groups excluding carboxylic acids is 1. The molecule has 1 aliphatic heterocycles. The van der Waals surface area contributed by atoms with Crippen molar-refractivity contribution in [1.29, 1.82) is 0 Å². The van der Waals surface area contributed by atoms with Crippen LogP contribution in [0.5, 0.6) is 0 Å². The summed E-state index contributed by atoms with van der Waals surface area (Å²) in [6.45, 7) is 1.28. The fourth-order valence-electron chi connectivity index (χ4n) is 3.24. The minimum Gasteiger partial charge on any atom is -0.440 e. The van der Waals surface area contributed by atoms with Crippen LogP contribution in [-0.4, -0.2) is 34.6 Å². The molecule has 0 unspecified atom stereocenters. The first-order chi connectivity index (χ1) is 13.1. The lowest BCUT2D eigenvalue weighted by atomic mass is 9.97. The molecule has 2 heterocycles. The number of hydrogen-bond acceptors (Lipinski definition) is 4. The fourth-order valence-corrected chi connectivity index (χ4v) is 4.07. The number of oxazole rings is 1. The van der Waals surface area contributed by atoms with Crippen LogP contribution in [0.25, 0.3) is 11.1 Å². The quantitative estimate of drug-likeness (QED) is 0.613. The normalized spacial score (nSPS) is 15.4. The molecule has 0 saturated carbocycles. The number of amides is 1. The molecule has 7 heteroatoms. The number of thioether (sulfide) groups is 1. The second-order valence-electron chi connectivity index (χ2n) is 6.54. The van der Waals surface area contributed by atoms with E-state index >= 15 is 0 Å². The van der Waals surface area contributed by atoms with E-state index in [1.807, 2.05) is 29.2 Å². The highest BCUT2D eigenvalue weighted by atomic mass is 32.2. The molecule has 0 spiro atoms. The molecular weight excluding hydrogens is 370 g/mol. The van der Waals surface area contributed by atoms with E-state index in [1.165, 1.54) is 17.8 Å². The molecule has 4 nitrogen and oxygen atoms in total. The number of benzene rings is 2. The highest BCUT2D eigenvalue weighted by Gasteiger charge is 2.27. The smallest absolute Gasteiger partial charge is 0.232 e. The lowest BCUT2D eigenvalue weighted by Crippen LogP contribution is -2.39. The van der Waals surface area contributed by atoms with Gasteiger partial charge in [0.15, 0.2) is 23.1 Å². The molecule has 0 radical (unpaired) electrons. The Bertz CT molecular complexity index is 935. The predicted octanol–water partition coefficient (Wildman–Crippen LogP) is 4.60. The van der Waals surface area contributed by atoms with Gasteiger partial charge in [0.05, 0.1) is 5.75 Å². The summed E-state index contributed by atoms with van der Waals surface area (Å²) in [4.78, 5) is 19.3. The third-order valence-electron chi connectivity index (χ3n) is 4.76. The zero-order valence-corrected chi connectivity index (χ0v) is 15.3. The van der Waals surface area contributed by atoms with E-state index in [9.17, 15) is 13.6 Å². The Morgan fingerprint density at radius 2 is 1.93 bits per heavy atom. The van der Waals surface area contributed by atoms with E-state index in [0.717, 1.165) is 42.0 Å². The molecule has 1 saturated heterocycles. The molecule has 0 aliphatic carbocycles. The third-order valence-corrected chi connectivity index (χ3v) is 5.74. The van der Waals surface area contributed by atoms with Crippen molar-refractivity contribution < 1.29 is 18.0 Å². The van der Waals surface area contributed by atoms with Gasteiger partial charge < -0.3 is 9.32 Å². The fraction of sp³-hybridized carbons (Fsp3) is 0.300. The van der Waals surface area contributed by atoms with Crippen molar-refractivity contribution >= 4 is 28.8 Å². The molecule has 3 aromatic rings. The van der Waals surface area contributed by atoms with Crippen molar-refractivity contribution in [1.82, 2.24) is 9.88 Å². The maximum atomic E-state index is 13.2. The van der Waals surface area contributed by atoms with Gasteiger partial charge in [-0.05, 0) is 43.2 Å². The Labute approximate surface area is 159 Å². The van der Waals surface area contributed by atoms with Crippen LogP contribution >= 0.6 is 11.8 Å². The Kier molecular flexibility index (Phi) is 5.11. The number of para-hydroxylation sites is 2. The van der Waals surface area contributed by atoms with Crippen LogP contribution in [0.1, 0.15) is 24.7 Å². The average Bonchev–Trinajstić information content (AvgIpc) is 3.13. The number of aromatic nitrogens is 1. The summed E-state index contributed by atoms with van der Waals surface area (Å²) >= 11 is 1.22. The number of nitrogens with zero attached hydrogens (tertiary/aromatic N) is 2. The lowest BCUT2D eigenvalue weighted by molar-refractivity contribution is -0.129. The van der Waals surface area contributed by atoms with Crippen molar-refractivity contribution in [3.05, 3.63) is 60.0 Å². The Balaban J connectivity index is 1.31. The summed E-state index contributed by atoms with van der Waals surface area (Å²) in [5.41, 5.74) is 1.64. The molecule has 0 N–H and O–H groups in total. The monoisotopic (exact) mass is 388 g/mol. The number of rotatable bonds is 4. The zero-order chi connectivity index (χ0) is 18.8. The molecule has 4 rings (SSSR count). The first-order valence-electron chi connectivity index (χ1n) is 8.81. The van der Waals surface area contributed by atoms with Crippen molar-refractivity contribution in [2.45, 2.75) is 23.7 Å². The first kappa shape index (κ1) is 18.0. The first-order valence-corrected chi connectivity index (χ1v) is 9.80. The van der Waals surface area contributed by atoms with Crippen LogP contribution < -0.4 is 0 Å². The standard InChI is InChI=1S/C20H18F2N2O2S/c21-15-6-5-14(11-16(15)22)27-12-19(25)24-9-7-13(8-10-24)20-23-17-3-1-2-4-18(17)26-20/h1-6,11,13H,7-10,12H2. The van der Waals surface area contributed by atoms with Crippen molar-refractivity contribution in [3.8, 4) is 0 Å². The Morgan fingerprint density at radius 1 is 1.15 bits per heavy atom. The van der Waals surface area contributed by atoms with E-state index in [2.05, 4.69) is 4.98 Å². The lowest BCUT2D eigenvalue weighted by Gasteiger charge is -2.30. The highest BCUT2D eigenvalue weighted by Crippen LogP contribution is 2.30. The topological polar surface area (TPSA) is 46.3 Å². The maximum Gasteiger partial charge on any atom is 0.232 e. The summed E-state index contributed by atoms with van der Waals surface area (Å²) < 4.78 is 32.0. The molecule has 0 atom stereocenters. The number of hydrogen-bond donors (Lipinski definition) is 0. The second kappa shape index (κ2) is 7.68. The molecule has 2 aromatic carbocycles. The van der Waals surface area contributed by atoms with Crippen molar-refractivity contribution in [2.75, 3.05) is 18.8 Å². The minimum atomic E-state index is -0.897. The summed E-state index contributed by atoms with van der Waals surface area (Å²) in [5, 5.41) is 0. The number of halogens is 2. The van der Waals surface area contributed by atoms with E-state index in [-0.39, 0.29) is 17.6 Å². The highest BCUT2D eigenvalue weighted by molar-refractivity contribution is 8.00. The van der Waals surface area contributed by atoms with Crippen molar-refractivity contribution in [2.24, 2.45) is 0 Å². The van der Waals surface area contributed by atoms with Gasteiger partial charge in [0.2, 0.25) is 5.91 Å². The summed E-state index contributed by atoms with van der Waals surface area (Å²) in [5.74, 6) is -0.627. The number of piperidine rings is 1. The van der Waals surface area contributed by atoms with Gasteiger partial charge in [0.1, 0.15) is 5.52 Å². The van der Waals surface area contributed by atoms with Crippen LogP contribution in [0.3, 0.4) is 0 Å². The van der Waals surface area contributed by atoms with Gasteiger partial charge in [0.25, 0.3) is 0 Å². The third kappa shape index (κ3) is 3.98. The van der Waals surface area contributed by atoms with Gasteiger partial charge in [-0.2, -0.15) is 0 Å². The molecule has 1 amide bonds. The molecule has 1 aromatic heterocycles. The minimum absolute atomic E-state index is 0.000693. The molecular formula is C20H18F2N2O2S. The number of likely N-dealkylation sites (tertiary alicyclic amines) is 1. The van der Waals surface area contributed by atoms with Crippen molar-refractivity contribution in [3.63, 3.8) is 0 Å². The summed E-state index contributed by atoms with van der Waals surface area (Å²) in [6, 6.07) is 11.4. The van der Waals surface area contributed by atoms with Crippen LogP contribution in [0, 0.1) is 11.6 Å². The van der Waals surface area contributed by atoms with Gasteiger partial charge in [-0.15, -0.1) is 11.8 Å².